The molecule has 1 atom stereocenters. The lowest BCUT2D eigenvalue weighted by Gasteiger charge is -1.99. The summed E-state index contributed by atoms with van der Waals surface area (Å²) in [6.45, 7) is 0. The molecule has 1 fully saturated rings. The molecule has 11 heavy (non-hydrogen) atoms. The molecule has 1 saturated carbocycles. The van der Waals surface area contributed by atoms with E-state index in [-0.39, 0.29) is 6.29 Å². The second kappa shape index (κ2) is 3.37. The number of hydrogen-bond acceptors (Lipinski definition) is 4. The van der Waals surface area contributed by atoms with E-state index in [9.17, 15) is 14.5 Å². The molecule has 1 unspecified atom stereocenters. The summed E-state index contributed by atoms with van der Waals surface area (Å²) in [6, 6.07) is -0.917. The topological polar surface area (TPSA) is 63.6 Å². The summed E-state index contributed by atoms with van der Waals surface area (Å²) >= 11 is 0. The van der Waals surface area contributed by atoms with Crippen LogP contribution < -0.4 is 0 Å². The highest BCUT2D eigenvalue weighted by atomic mass is 16.3. The standard InChI is InChI=1S/C7H9NO3/c9-4-7(10)6(8-11)3-5-1-2-5/h4-6H,1-3H2. The summed E-state index contributed by atoms with van der Waals surface area (Å²) in [6.07, 6.45) is 2.74. The molecular weight excluding hydrogens is 146 g/mol. The van der Waals surface area contributed by atoms with Crippen molar-refractivity contribution in [2.45, 2.75) is 25.3 Å². The van der Waals surface area contributed by atoms with Crippen molar-refractivity contribution in [1.29, 1.82) is 0 Å². The van der Waals surface area contributed by atoms with Crippen LogP contribution in [-0.4, -0.2) is 18.1 Å². The predicted molar refractivity (Wildman–Crippen MR) is 38.0 cm³/mol. The zero-order valence-corrected chi connectivity index (χ0v) is 6.03. The van der Waals surface area contributed by atoms with E-state index in [1.165, 1.54) is 0 Å². The number of rotatable bonds is 5. The first-order valence-electron chi connectivity index (χ1n) is 3.59. The maximum Gasteiger partial charge on any atom is 0.223 e. The normalized spacial score (nSPS) is 18.9. The Labute approximate surface area is 63.9 Å². The van der Waals surface area contributed by atoms with Crippen LogP contribution in [0.15, 0.2) is 5.18 Å². The lowest BCUT2D eigenvalue weighted by molar-refractivity contribution is -0.130. The Morgan fingerprint density at radius 2 is 2.27 bits per heavy atom. The lowest BCUT2D eigenvalue weighted by Crippen LogP contribution is -2.19. The molecule has 0 aromatic heterocycles. The quantitative estimate of drug-likeness (QED) is 0.333. The first-order chi connectivity index (χ1) is 5.27. The molecule has 0 bridgehead atoms. The highest BCUT2D eigenvalue weighted by Crippen LogP contribution is 2.34. The molecule has 0 N–H and O–H groups in total. The van der Waals surface area contributed by atoms with Crippen LogP contribution in [0, 0.1) is 10.8 Å². The molecule has 4 nitrogen and oxygen atoms in total. The summed E-state index contributed by atoms with van der Waals surface area (Å²) in [5.74, 6) is -0.242. The number of hydrogen-bond donors (Lipinski definition) is 0. The van der Waals surface area contributed by atoms with E-state index < -0.39 is 11.8 Å². The van der Waals surface area contributed by atoms with Crippen LogP contribution in [0.25, 0.3) is 0 Å². The summed E-state index contributed by atoms with van der Waals surface area (Å²) in [7, 11) is 0. The van der Waals surface area contributed by atoms with E-state index in [2.05, 4.69) is 5.18 Å². The molecule has 0 aromatic carbocycles. The zero-order chi connectivity index (χ0) is 8.27. The first kappa shape index (κ1) is 8.04. The average Bonchev–Trinajstić information content (AvgIpc) is 2.82. The summed E-state index contributed by atoms with van der Waals surface area (Å²) < 4.78 is 0. The third-order valence-electron chi connectivity index (χ3n) is 1.83. The van der Waals surface area contributed by atoms with Crippen LogP contribution in [0.4, 0.5) is 0 Å². The van der Waals surface area contributed by atoms with Gasteiger partial charge in [0.15, 0.2) is 12.3 Å². The van der Waals surface area contributed by atoms with Gasteiger partial charge in [0.1, 0.15) is 0 Å². The number of carbonyl (C=O) groups is 2. The molecule has 0 aromatic rings. The van der Waals surface area contributed by atoms with Gasteiger partial charge in [-0.3, -0.25) is 9.59 Å². The number of nitroso groups, excluding NO2 is 1. The molecule has 4 heteroatoms. The molecule has 0 saturated heterocycles. The smallest absolute Gasteiger partial charge is 0.223 e. The van der Waals surface area contributed by atoms with E-state index >= 15 is 0 Å². The molecule has 0 spiro atoms. The SMILES string of the molecule is O=CC(=O)C(CC1CC1)N=O. The van der Waals surface area contributed by atoms with Gasteiger partial charge in [0.05, 0.1) is 0 Å². The first-order valence-corrected chi connectivity index (χ1v) is 3.59. The van der Waals surface area contributed by atoms with Crippen molar-refractivity contribution >= 4 is 12.1 Å². The maximum absolute atomic E-state index is 10.6. The zero-order valence-electron chi connectivity index (χ0n) is 6.03. The van der Waals surface area contributed by atoms with Gasteiger partial charge in [-0.05, 0) is 12.3 Å². The van der Waals surface area contributed by atoms with Crippen molar-refractivity contribution in [1.82, 2.24) is 0 Å². The fourth-order valence-corrected chi connectivity index (χ4v) is 0.959. The van der Waals surface area contributed by atoms with Crippen molar-refractivity contribution in [3.8, 4) is 0 Å². The van der Waals surface area contributed by atoms with Crippen LogP contribution in [0.3, 0.4) is 0 Å². The van der Waals surface area contributed by atoms with Gasteiger partial charge < -0.3 is 0 Å². The van der Waals surface area contributed by atoms with Crippen LogP contribution in [0.1, 0.15) is 19.3 Å². The van der Waals surface area contributed by atoms with Crippen molar-refractivity contribution in [2.75, 3.05) is 0 Å². The van der Waals surface area contributed by atoms with Gasteiger partial charge in [-0.2, -0.15) is 4.91 Å². The highest BCUT2D eigenvalue weighted by molar-refractivity contribution is 6.27. The third kappa shape index (κ3) is 2.22. The Morgan fingerprint density at radius 3 is 2.64 bits per heavy atom. The van der Waals surface area contributed by atoms with E-state index in [0.29, 0.717) is 12.3 Å². The molecule has 1 rings (SSSR count). The molecular formula is C7H9NO3. The van der Waals surface area contributed by atoms with Crippen molar-refractivity contribution < 1.29 is 9.59 Å². The largest absolute Gasteiger partial charge is 0.295 e. The van der Waals surface area contributed by atoms with Gasteiger partial charge in [0, 0.05) is 0 Å². The molecule has 0 amide bonds. The van der Waals surface area contributed by atoms with Crippen molar-refractivity contribution in [3.63, 3.8) is 0 Å². The van der Waals surface area contributed by atoms with Gasteiger partial charge in [0.2, 0.25) is 5.78 Å². The minimum Gasteiger partial charge on any atom is -0.295 e. The van der Waals surface area contributed by atoms with Gasteiger partial charge in [0.25, 0.3) is 0 Å². The molecule has 0 radical (unpaired) electrons. The van der Waals surface area contributed by atoms with Crippen molar-refractivity contribution in [3.05, 3.63) is 4.91 Å². The van der Waals surface area contributed by atoms with Crippen LogP contribution >= 0.6 is 0 Å². The molecule has 1 aliphatic carbocycles. The van der Waals surface area contributed by atoms with Gasteiger partial charge in [-0.1, -0.05) is 18.0 Å². The number of nitrogens with zero attached hydrogens (tertiary/aromatic N) is 1. The van der Waals surface area contributed by atoms with Crippen molar-refractivity contribution in [2.24, 2.45) is 11.1 Å². The average molecular weight is 155 g/mol. The maximum atomic E-state index is 10.6. The molecule has 0 aliphatic heterocycles. The Balaban J connectivity index is 2.39. The molecule has 1 aliphatic rings. The lowest BCUT2D eigenvalue weighted by atomic mass is 10.1. The van der Waals surface area contributed by atoms with Gasteiger partial charge in [-0.25, -0.2) is 0 Å². The minimum absolute atomic E-state index is 0.175. The number of ketones is 1. The van der Waals surface area contributed by atoms with Crippen LogP contribution in [0.2, 0.25) is 0 Å². The van der Waals surface area contributed by atoms with Crippen LogP contribution in [-0.2, 0) is 9.59 Å². The Hall–Kier alpha value is -1.06. The summed E-state index contributed by atoms with van der Waals surface area (Å²) in [5.41, 5.74) is 0. The predicted octanol–water partition coefficient (Wildman–Crippen LogP) is 0.689. The van der Waals surface area contributed by atoms with Gasteiger partial charge in [-0.15, -0.1) is 0 Å². The van der Waals surface area contributed by atoms with E-state index in [1.54, 1.807) is 0 Å². The highest BCUT2D eigenvalue weighted by Gasteiger charge is 2.29. The second-order valence-corrected chi connectivity index (χ2v) is 2.82. The molecule has 0 heterocycles. The Morgan fingerprint density at radius 1 is 1.64 bits per heavy atom. The van der Waals surface area contributed by atoms with Gasteiger partial charge >= 0.3 is 0 Å². The number of aldehydes is 1. The minimum atomic E-state index is -0.917. The molecule has 60 valence electrons. The number of carbonyl (C=O) groups excluding carboxylic acids is 2. The number of Topliss-reactive ketones (excluding diaryl/α,β-unsaturated/α-hetero) is 1. The van der Waals surface area contributed by atoms with E-state index in [1.807, 2.05) is 0 Å². The van der Waals surface area contributed by atoms with Crippen LogP contribution in [0.5, 0.6) is 0 Å². The fourth-order valence-electron chi connectivity index (χ4n) is 0.959. The second-order valence-electron chi connectivity index (χ2n) is 2.82. The Kier molecular flexibility index (Phi) is 2.46. The Bertz CT molecular complexity index is 186. The monoisotopic (exact) mass is 155 g/mol. The van der Waals surface area contributed by atoms with E-state index in [4.69, 9.17) is 0 Å². The van der Waals surface area contributed by atoms with E-state index in [0.717, 1.165) is 12.8 Å². The fraction of sp³-hybridized carbons (Fsp3) is 0.714. The summed E-state index contributed by atoms with van der Waals surface area (Å²) in [5, 5.41) is 2.61. The third-order valence-corrected chi connectivity index (χ3v) is 1.83. The summed E-state index contributed by atoms with van der Waals surface area (Å²) in [4.78, 5) is 30.6.